The van der Waals surface area contributed by atoms with E-state index in [1.54, 1.807) is 0 Å². The van der Waals surface area contributed by atoms with E-state index >= 15 is 0 Å². The van der Waals surface area contributed by atoms with Crippen LogP contribution < -0.4 is 5.32 Å². The van der Waals surface area contributed by atoms with Gasteiger partial charge in [0.25, 0.3) is 0 Å². The van der Waals surface area contributed by atoms with Crippen LogP contribution in [0, 0.1) is 5.92 Å². The Balaban J connectivity index is 1.78. The van der Waals surface area contributed by atoms with Crippen molar-refractivity contribution in [3.05, 3.63) is 0 Å². The van der Waals surface area contributed by atoms with Crippen LogP contribution >= 0.6 is 0 Å². The molecule has 0 saturated carbocycles. The van der Waals surface area contributed by atoms with Gasteiger partial charge in [-0.15, -0.1) is 0 Å². The molecule has 2 rings (SSSR count). The van der Waals surface area contributed by atoms with E-state index in [2.05, 4.69) is 22.0 Å². The minimum absolute atomic E-state index is 0.341. The first-order chi connectivity index (χ1) is 8.29. The average molecular weight is 239 g/mol. The summed E-state index contributed by atoms with van der Waals surface area (Å²) in [6, 6.07) is 0. The van der Waals surface area contributed by atoms with E-state index in [1.807, 2.05) is 0 Å². The Labute approximate surface area is 104 Å². The van der Waals surface area contributed by atoms with Crippen LogP contribution in [0.4, 0.5) is 0 Å². The number of likely N-dealkylation sites (tertiary alicyclic amines) is 1. The van der Waals surface area contributed by atoms with E-state index in [0.717, 1.165) is 32.1 Å². The fourth-order valence-electron chi connectivity index (χ4n) is 2.81. The van der Waals surface area contributed by atoms with Crippen LogP contribution in [0.5, 0.6) is 0 Å². The standard InChI is InChI=1S/C13H25N3O/c1-2-15-8-4-12(5-9-15)11-16-10-7-14-6-3-13(16)17/h12,14H,2-11H2,1H3. The molecule has 17 heavy (non-hydrogen) atoms. The van der Waals surface area contributed by atoms with Crippen LogP contribution in [-0.4, -0.2) is 61.5 Å². The third kappa shape index (κ3) is 3.68. The van der Waals surface area contributed by atoms with Gasteiger partial charge in [0.2, 0.25) is 5.91 Å². The van der Waals surface area contributed by atoms with Crippen molar-refractivity contribution in [3.8, 4) is 0 Å². The first-order valence-electron chi connectivity index (χ1n) is 7.00. The molecule has 0 unspecified atom stereocenters. The summed E-state index contributed by atoms with van der Waals surface area (Å²) >= 11 is 0. The Kier molecular flexibility index (Phi) is 4.80. The summed E-state index contributed by atoms with van der Waals surface area (Å²) in [5.41, 5.74) is 0. The molecule has 2 heterocycles. The van der Waals surface area contributed by atoms with E-state index in [1.165, 1.54) is 32.5 Å². The average Bonchev–Trinajstić information content (AvgIpc) is 2.56. The number of hydrogen-bond donors (Lipinski definition) is 1. The molecule has 0 atom stereocenters. The maximum atomic E-state index is 11.9. The number of nitrogens with one attached hydrogen (secondary N) is 1. The Bertz CT molecular complexity index is 249. The van der Waals surface area contributed by atoms with E-state index in [9.17, 15) is 4.79 Å². The summed E-state index contributed by atoms with van der Waals surface area (Å²) in [4.78, 5) is 16.5. The van der Waals surface area contributed by atoms with Gasteiger partial charge >= 0.3 is 0 Å². The quantitative estimate of drug-likeness (QED) is 0.781. The molecule has 0 bridgehead atoms. The lowest BCUT2D eigenvalue weighted by atomic mass is 9.96. The number of carbonyl (C=O) groups excluding carboxylic acids is 1. The molecule has 1 N–H and O–H groups in total. The highest BCUT2D eigenvalue weighted by Crippen LogP contribution is 2.18. The minimum Gasteiger partial charge on any atom is -0.341 e. The van der Waals surface area contributed by atoms with Crippen molar-refractivity contribution in [1.82, 2.24) is 15.1 Å². The molecule has 0 aromatic carbocycles. The SMILES string of the molecule is CCN1CCC(CN2CCNCCC2=O)CC1. The summed E-state index contributed by atoms with van der Waals surface area (Å²) < 4.78 is 0. The minimum atomic E-state index is 0.341. The van der Waals surface area contributed by atoms with Gasteiger partial charge in [-0.3, -0.25) is 4.79 Å². The van der Waals surface area contributed by atoms with Crippen molar-refractivity contribution in [2.75, 3.05) is 45.8 Å². The van der Waals surface area contributed by atoms with Gasteiger partial charge in [-0.2, -0.15) is 0 Å². The van der Waals surface area contributed by atoms with Crippen molar-refractivity contribution in [1.29, 1.82) is 0 Å². The summed E-state index contributed by atoms with van der Waals surface area (Å²) in [5.74, 6) is 1.06. The van der Waals surface area contributed by atoms with Gasteiger partial charge in [0.1, 0.15) is 0 Å². The summed E-state index contributed by atoms with van der Waals surface area (Å²) in [7, 11) is 0. The van der Waals surface area contributed by atoms with Crippen LogP contribution in [-0.2, 0) is 4.79 Å². The molecule has 4 heteroatoms. The zero-order valence-corrected chi connectivity index (χ0v) is 11.0. The molecule has 2 saturated heterocycles. The maximum Gasteiger partial charge on any atom is 0.223 e. The van der Waals surface area contributed by atoms with Gasteiger partial charge < -0.3 is 15.1 Å². The predicted molar refractivity (Wildman–Crippen MR) is 68.9 cm³/mol. The zero-order valence-electron chi connectivity index (χ0n) is 11.0. The number of hydrogen-bond acceptors (Lipinski definition) is 3. The van der Waals surface area contributed by atoms with Gasteiger partial charge in [-0.25, -0.2) is 0 Å². The van der Waals surface area contributed by atoms with E-state index in [0.29, 0.717) is 12.3 Å². The normalized spacial score (nSPS) is 25.0. The Morgan fingerprint density at radius 3 is 2.71 bits per heavy atom. The monoisotopic (exact) mass is 239 g/mol. The summed E-state index contributed by atoms with van der Waals surface area (Å²) in [5, 5.41) is 3.29. The maximum absolute atomic E-state index is 11.9. The molecular formula is C13H25N3O. The first-order valence-corrected chi connectivity index (χ1v) is 7.00. The first kappa shape index (κ1) is 12.8. The molecule has 2 fully saturated rings. The Hall–Kier alpha value is -0.610. The zero-order chi connectivity index (χ0) is 12.1. The van der Waals surface area contributed by atoms with E-state index in [4.69, 9.17) is 0 Å². The summed E-state index contributed by atoms with van der Waals surface area (Å²) in [6.45, 7) is 9.50. The van der Waals surface area contributed by atoms with Crippen LogP contribution in [0.1, 0.15) is 26.2 Å². The number of rotatable bonds is 3. The molecule has 2 aliphatic heterocycles. The van der Waals surface area contributed by atoms with E-state index < -0.39 is 0 Å². The van der Waals surface area contributed by atoms with Crippen LogP contribution in [0.3, 0.4) is 0 Å². The second kappa shape index (κ2) is 6.36. The molecule has 0 aromatic rings. The molecule has 0 radical (unpaired) electrons. The second-order valence-corrected chi connectivity index (χ2v) is 5.22. The molecule has 4 nitrogen and oxygen atoms in total. The van der Waals surface area contributed by atoms with Crippen molar-refractivity contribution in [2.45, 2.75) is 26.2 Å². The third-order valence-corrected chi connectivity index (χ3v) is 4.06. The number of nitrogens with zero attached hydrogens (tertiary/aromatic N) is 2. The topological polar surface area (TPSA) is 35.6 Å². The van der Waals surface area contributed by atoms with Gasteiger partial charge in [-0.1, -0.05) is 6.92 Å². The molecule has 98 valence electrons. The molecule has 2 aliphatic rings. The lowest BCUT2D eigenvalue weighted by Gasteiger charge is -2.34. The number of amides is 1. The van der Waals surface area contributed by atoms with E-state index in [-0.39, 0.29) is 0 Å². The molecule has 0 aliphatic carbocycles. The molecule has 1 amide bonds. The van der Waals surface area contributed by atoms with Gasteiger partial charge in [0.15, 0.2) is 0 Å². The van der Waals surface area contributed by atoms with Crippen molar-refractivity contribution >= 4 is 5.91 Å². The second-order valence-electron chi connectivity index (χ2n) is 5.22. The Morgan fingerprint density at radius 1 is 1.24 bits per heavy atom. The predicted octanol–water partition coefficient (Wildman–Crippen LogP) is 0.540. The van der Waals surface area contributed by atoms with Crippen LogP contribution in [0.15, 0.2) is 0 Å². The highest BCUT2D eigenvalue weighted by atomic mass is 16.2. The highest BCUT2D eigenvalue weighted by Gasteiger charge is 2.23. The molecule has 0 aromatic heterocycles. The van der Waals surface area contributed by atoms with Crippen LogP contribution in [0.2, 0.25) is 0 Å². The Morgan fingerprint density at radius 2 is 2.00 bits per heavy atom. The third-order valence-electron chi connectivity index (χ3n) is 4.06. The summed E-state index contributed by atoms with van der Waals surface area (Å²) in [6.07, 6.45) is 3.18. The van der Waals surface area contributed by atoms with Crippen molar-refractivity contribution < 1.29 is 4.79 Å². The van der Waals surface area contributed by atoms with Crippen molar-refractivity contribution in [3.63, 3.8) is 0 Å². The fourth-order valence-corrected chi connectivity index (χ4v) is 2.81. The van der Waals surface area contributed by atoms with Gasteiger partial charge in [0, 0.05) is 32.6 Å². The molecule has 0 spiro atoms. The lowest BCUT2D eigenvalue weighted by molar-refractivity contribution is -0.131. The van der Waals surface area contributed by atoms with Crippen LogP contribution in [0.25, 0.3) is 0 Å². The highest BCUT2D eigenvalue weighted by molar-refractivity contribution is 5.76. The van der Waals surface area contributed by atoms with Crippen molar-refractivity contribution in [2.24, 2.45) is 5.92 Å². The number of piperidine rings is 1. The smallest absolute Gasteiger partial charge is 0.223 e. The largest absolute Gasteiger partial charge is 0.341 e. The van der Waals surface area contributed by atoms with Gasteiger partial charge in [-0.05, 0) is 38.4 Å². The molecular weight excluding hydrogens is 214 g/mol. The lowest BCUT2D eigenvalue weighted by Crippen LogP contribution is -2.41. The fraction of sp³-hybridized carbons (Fsp3) is 0.923. The van der Waals surface area contributed by atoms with Gasteiger partial charge in [0.05, 0.1) is 0 Å². The number of carbonyl (C=O) groups is 1.